The molecule has 1 aromatic rings. The summed E-state index contributed by atoms with van der Waals surface area (Å²) in [4.78, 5) is 12.1. The van der Waals surface area contributed by atoms with Gasteiger partial charge < -0.3 is 15.4 Å². The molecule has 4 nitrogen and oxygen atoms in total. The summed E-state index contributed by atoms with van der Waals surface area (Å²) in [5, 5.41) is 6.36. The Hall–Kier alpha value is -1.10. The summed E-state index contributed by atoms with van der Waals surface area (Å²) in [6.07, 6.45) is 5.83. The zero-order chi connectivity index (χ0) is 14.5. The van der Waals surface area contributed by atoms with E-state index in [1.54, 1.807) is 0 Å². The van der Waals surface area contributed by atoms with Crippen molar-refractivity contribution in [3.05, 3.63) is 35.4 Å². The lowest BCUT2D eigenvalue weighted by Crippen LogP contribution is -2.39. The lowest BCUT2D eigenvalue weighted by atomic mass is 9.88. The van der Waals surface area contributed by atoms with Crippen LogP contribution in [0, 0.1) is 0 Å². The summed E-state index contributed by atoms with van der Waals surface area (Å²) in [7, 11) is 0. The number of hydrogen-bond donors (Lipinski definition) is 2. The minimum atomic E-state index is 0. The van der Waals surface area contributed by atoms with Gasteiger partial charge in [0.1, 0.15) is 0 Å². The molecule has 2 atom stereocenters. The molecule has 1 fully saturated rings. The zero-order valence-electron chi connectivity index (χ0n) is 12.8. The topological polar surface area (TPSA) is 50.4 Å². The van der Waals surface area contributed by atoms with Crippen LogP contribution in [0.5, 0.6) is 0 Å². The van der Waals surface area contributed by atoms with E-state index < -0.39 is 0 Å². The van der Waals surface area contributed by atoms with Crippen molar-refractivity contribution < 1.29 is 9.53 Å². The molecule has 0 saturated carbocycles. The highest BCUT2D eigenvalue weighted by atomic mass is 35.5. The van der Waals surface area contributed by atoms with E-state index in [4.69, 9.17) is 4.74 Å². The molecule has 5 heteroatoms. The lowest BCUT2D eigenvalue weighted by molar-refractivity contribution is -0.121. The van der Waals surface area contributed by atoms with Crippen molar-refractivity contribution in [1.29, 1.82) is 0 Å². The van der Waals surface area contributed by atoms with E-state index >= 15 is 0 Å². The fourth-order valence-corrected chi connectivity index (χ4v) is 3.30. The Bertz CT molecular complexity index is 489. The molecule has 2 N–H and O–H groups in total. The second-order valence-electron chi connectivity index (χ2n) is 5.98. The molecule has 1 aromatic carbocycles. The van der Waals surface area contributed by atoms with Crippen molar-refractivity contribution in [3.8, 4) is 0 Å². The van der Waals surface area contributed by atoms with Gasteiger partial charge in [0.25, 0.3) is 0 Å². The number of carbonyl (C=O) groups excluding carboxylic acids is 1. The predicted octanol–water partition coefficient (Wildman–Crippen LogP) is 2.37. The summed E-state index contributed by atoms with van der Waals surface area (Å²) in [5.41, 5.74) is 2.66. The van der Waals surface area contributed by atoms with Gasteiger partial charge in [0.05, 0.1) is 18.7 Å². The van der Waals surface area contributed by atoms with Gasteiger partial charge in [-0.1, -0.05) is 24.3 Å². The van der Waals surface area contributed by atoms with E-state index in [1.165, 1.54) is 11.1 Å². The SMILES string of the molecule is Cl.O=C(CNCC1CCCO1)NC1CCCc2ccccc21. The van der Waals surface area contributed by atoms with Crippen LogP contribution in [0.2, 0.25) is 0 Å². The molecule has 1 aliphatic heterocycles. The Kier molecular flexibility index (Phi) is 6.68. The van der Waals surface area contributed by atoms with Crippen molar-refractivity contribution in [2.24, 2.45) is 0 Å². The summed E-state index contributed by atoms with van der Waals surface area (Å²) in [6, 6.07) is 8.61. The standard InChI is InChI=1S/C17H24N2O2.ClH/c20-17(12-18-11-14-7-4-10-21-14)19-16-9-3-6-13-5-1-2-8-15(13)16;/h1-2,5,8,14,16,18H,3-4,6-7,9-12H2,(H,19,20);1H. The van der Waals surface area contributed by atoms with Crippen LogP contribution in [-0.2, 0) is 16.0 Å². The molecule has 1 saturated heterocycles. The fraction of sp³-hybridized carbons (Fsp3) is 0.588. The van der Waals surface area contributed by atoms with Crippen LogP contribution in [-0.4, -0.2) is 31.7 Å². The van der Waals surface area contributed by atoms with Gasteiger partial charge in [-0.2, -0.15) is 0 Å². The summed E-state index contributed by atoms with van der Waals surface area (Å²) in [6.45, 7) is 2.00. The van der Waals surface area contributed by atoms with Crippen LogP contribution in [0.3, 0.4) is 0 Å². The maximum Gasteiger partial charge on any atom is 0.234 e. The van der Waals surface area contributed by atoms with Gasteiger partial charge >= 0.3 is 0 Å². The first-order chi connectivity index (χ1) is 10.3. The molecule has 0 aromatic heterocycles. The van der Waals surface area contributed by atoms with Crippen molar-refractivity contribution >= 4 is 18.3 Å². The summed E-state index contributed by atoms with van der Waals surface area (Å²) < 4.78 is 5.54. The summed E-state index contributed by atoms with van der Waals surface area (Å²) >= 11 is 0. The number of carbonyl (C=O) groups is 1. The van der Waals surface area contributed by atoms with E-state index in [-0.39, 0.29) is 30.5 Å². The van der Waals surface area contributed by atoms with Crippen molar-refractivity contribution in [2.75, 3.05) is 19.7 Å². The Morgan fingerprint density at radius 2 is 2.09 bits per heavy atom. The Morgan fingerprint density at radius 3 is 2.91 bits per heavy atom. The average Bonchev–Trinajstić information content (AvgIpc) is 3.01. The molecule has 122 valence electrons. The maximum atomic E-state index is 12.1. The zero-order valence-corrected chi connectivity index (χ0v) is 13.7. The normalized spacial score (nSPS) is 23.5. The molecule has 0 radical (unpaired) electrons. The number of halogens is 1. The van der Waals surface area contributed by atoms with Crippen molar-refractivity contribution in [2.45, 2.75) is 44.2 Å². The molecule has 3 rings (SSSR count). The van der Waals surface area contributed by atoms with E-state index in [2.05, 4.69) is 34.9 Å². The molecule has 0 spiro atoms. The van der Waals surface area contributed by atoms with Gasteiger partial charge in [0.2, 0.25) is 5.91 Å². The number of nitrogens with one attached hydrogen (secondary N) is 2. The molecule has 1 amide bonds. The lowest BCUT2D eigenvalue weighted by Gasteiger charge is -2.26. The largest absolute Gasteiger partial charge is 0.377 e. The van der Waals surface area contributed by atoms with Crippen LogP contribution in [0.4, 0.5) is 0 Å². The highest BCUT2D eigenvalue weighted by Crippen LogP contribution is 2.29. The smallest absolute Gasteiger partial charge is 0.234 e. The molecule has 22 heavy (non-hydrogen) atoms. The molecule has 2 aliphatic rings. The number of rotatable bonds is 5. The summed E-state index contributed by atoms with van der Waals surface area (Å²) in [5.74, 6) is 0.0784. The minimum absolute atomic E-state index is 0. The number of fused-ring (bicyclic) bond motifs is 1. The molecule has 0 bridgehead atoms. The van der Waals surface area contributed by atoms with E-state index in [9.17, 15) is 4.79 Å². The van der Waals surface area contributed by atoms with Crippen LogP contribution in [0.15, 0.2) is 24.3 Å². The Labute approximate surface area is 138 Å². The molecule has 1 aliphatic carbocycles. The first kappa shape index (κ1) is 17.3. The Morgan fingerprint density at radius 1 is 1.23 bits per heavy atom. The third-order valence-electron chi connectivity index (χ3n) is 4.39. The van der Waals surface area contributed by atoms with Crippen LogP contribution in [0.25, 0.3) is 0 Å². The van der Waals surface area contributed by atoms with Crippen molar-refractivity contribution in [3.63, 3.8) is 0 Å². The third-order valence-corrected chi connectivity index (χ3v) is 4.39. The van der Waals surface area contributed by atoms with Gasteiger partial charge in [0, 0.05) is 13.2 Å². The monoisotopic (exact) mass is 324 g/mol. The highest BCUT2D eigenvalue weighted by Gasteiger charge is 2.21. The van der Waals surface area contributed by atoms with E-state index in [1.807, 2.05) is 0 Å². The number of aryl methyl sites for hydroxylation is 1. The van der Waals surface area contributed by atoms with Gasteiger partial charge in [-0.15, -0.1) is 12.4 Å². The third kappa shape index (κ3) is 4.45. The van der Waals surface area contributed by atoms with Gasteiger partial charge in [-0.05, 0) is 43.2 Å². The quantitative estimate of drug-likeness (QED) is 0.874. The number of ether oxygens (including phenoxy) is 1. The second kappa shape index (κ2) is 8.51. The van der Waals surface area contributed by atoms with E-state index in [0.29, 0.717) is 6.54 Å². The average molecular weight is 325 g/mol. The van der Waals surface area contributed by atoms with Gasteiger partial charge in [-0.3, -0.25) is 4.79 Å². The van der Waals surface area contributed by atoms with Crippen LogP contribution >= 0.6 is 12.4 Å². The molecular weight excluding hydrogens is 300 g/mol. The van der Waals surface area contributed by atoms with Crippen LogP contribution in [0.1, 0.15) is 42.9 Å². The fourth-order valence-electron chi connectivity index (χ4n) is 3.30. The second-order valence-corrected chi connectivity index (χ2v) is 5.98. The highest BCUT2D eigenvalue weighted by molar-refractivity contribution is 5.85. The maximum absolute atomic E-state index is 12.1. The number of amides is 1. The first-order valence-corrected chi connectivity index (χ1v) is 8.02. The number of hydrogen-bond acceptors (Lipinski definition) is 3. The number of benzene rings is 1. The predicted molar refractivity (Wildman–Crippen MR) is 89.4 cm³/mol. The minimum Gasteiger partial charge on any atom is -0.377 e. The molecular formula is C17H25ClN2O2. The van der Waals surface area contributed by atoms with Gasteiger partial charge in [-0.25, -0.2) is 0 Å². The van der Waals surface area contributed by atoms with E-state index in [0.717, 1.165) is 45.3 Å². The first-order valence-electron chi connectivity index (χ1n) is 8.02. The van der Waals surface area contributed by atoms with Gasteiger partial charge in [0.15, 0.2) is 0 Å². The van der Waals surface area contributed by atoms with Crippen molar-refractivity contribution in [1.82, 2.24) is 10.6 Å². The Balaban J connectivity index is 0.00000176. The molecule has 2 unspecified atom stereocenters. The van der Waals surface area contributed by atoms with Crippen LogP contribution < -0.4 is 10.6 Å². The molecule has 1 heterocycles.